The largest absolute Gasteiger partial charge is 0.444 e. The van der Waals surface area contributed by atoms with Crippen LogP contribution in [0.5, 0.6) is 0 Å². The lowest BCUT2D eigenvalue weighted by Gasteiger charge is -2.46. The number of likely N-dealkylation sites (tertiary alicyclic amines) is 1. The molecule has 0 aliphatic carbocycles. The minimum atomic E-state index is -0.617. The van der Waals surface area contributed by atoms with Crippen molar-refractivity contribution in [3.63, 3.8) is 0 Å². The van der Waals surface area contributed by atoms with E-state index in [9.17, 15) is 4.79 Å². The zero-order valence-corrected chi connectivity index (χ0v) is 17.8. The quantitative estimate of drug-likeness (QED) is 0.730. The van der Waals surface area contributed by atoms with Crippen LogP contribution in [0.25, 0.3) is 0 Å². The third-order valence-corrected chi connectivity index (χ3v) is 5.23. The summed E-state index contributed by atoms with van der Waals surface area (Å²) in [6.07, 6.45) is -0.00777. The van der Waals surface area contributed by atoms with Crippen LogP contribution >= 0.6 is 0 Å². The summed E-state index contributed by atoms with van der Waals surface area (Å²) < 4.78 is 18.0. The van der Waals surface area contributed by atoms with Crippen molar-refractivity contribution in [3.05, 3.63) is 71.8 Å². The lowest BCUT2D eigenvalue weighted by molar-refractivity contribution is -0.171. The van der Waals surface area contributed by atoms with Gasteiger partial charge in [0.2, 0.25) is 0 Å². The molecule has 0 spiro atoms. The van der Waals surface area contributed by atoms with Gasteiger partial charge >= 0.3 is 6.09 Å². The number of piperidine rings is 1. The maximum absolute atomic E-state index is 12.7. The van der Waals surface area contributed by atoms with Crippen molar-refractivity contribution in [1.82, 2.24) is 4.90 Å². The van der Waals surface area contributed by atoms with Crippen LogP contribution in [0, 0.1) is 0 Å². The standard InChI is InChI=1S/C24H31NO4/c1-23(2,3)29-22(26)25-16-15-24(27-4,20-13-9-6-10-14-20)21(17-25)28-18-19-11-7-5-8-12-19/h5-14,21H,15-18H2,1-4H3/t21-,24-/m0/s1. The number of benzene rings is 2. The highest BCUT2D eigenvalue weighted by molar-refractivity contribution is 5.68. The number of nitrogens with zero attached hydrogens (tertiary/aromatic N) is 1. The maximum Gasteiger partial charge on any atom is 0.410 e. The van der Waals surface area contributed by atoms with E-state index in [1.165, 1.54) is 0 Å². The Morgan fingerprint density at radius 3 is 2.28 bits per heavy atom. The molecule has 1 aliphatic rings. The topological polar surface area (TPSA) is 48.0 Å². The number of carbonyl (C=O) groups excluding carboxylic acids is 1. The van der Waals surface area contributed by atoms with Crippen LogP contribution in [0.1, 0.15) is 38.3 Å². The van der Waals surface area contributed by atoms with Gasteiger partial charge in [-0.2, -0.15) is 0 Å². The normalized spacial score (nSPS) is 22.3. The molecular formula is C24H31NO4. The first-order chi connectivity index (χ1) is 13.8. The number of hydrogen-bond donors (Lipinski definition) is 0. The van der Waals surface area contributed by atoms with E-state index in [-0.39, 0.29) is 12.2 Å². The molecule has 29 heavy (non-hydrogen) atoms. The van der Waals surface area contributed by atoms with Gasteiger partial charge in [0.25, 0.3) is 0 Å². The predicted octanol–water partition coefficient (Wildman–Crippen LogP) is 4.75. The van der Waals surface area contributed by atoms with Crippen molar-refractivity contribution in [2.24, 2.45) is 0 Å². The van der Waals surface area contributed by atoms with E-state index in [0.717, 1.165) is 11.1 Å². The molecule has 0 N–H and O–H groups in total. The van der Waals surface area contributed by atoms with E-state index in [2.05, 4.69) is 12.1 Å². The second kappa shape index (κ2) is 8.97. The number of methoxy groups -OCH3 is 1. The van der Waals surface area contributed by atoms with Crippen LogP contribution in [0.3, 0.4) is 0 Å². The SMILES string of the molecule is CO[C@]1(c2ccccc2)CCN(C(=O)OC(C)(C)C)C[C@@H]1OCc1ccccc1. The smallest absolute Gasteiger partial charge is 0.410 e. The molecule has 1 fully saturated rings. The van der Waals surface area contributed by atoms with Crippen molar-refractivity contribution in [3.8, 4) is 0 Å². The van der Waals surface area contributed by atoms with Gasteiger partial charge in [0.1, 0.15) is 17.3 Å². The summed E-state index contributed by atoms with van der Waals surface area (Å²) in [5.74, 6) is 0. The Bertz CT molecular complexity index is 788. The first-order valence-electron chi connectivity index (χ1n) is 10.1. The highest BCUT2D eigenvalue weighted by atomic mass is 16.6. The minimum absolute atomic E-state index is 0.316. The van der Waals surface area contributed by atoms with Gasteiger partial charge in [-0.3, -0.25) is 0 Å². The molecule has 2 atom stereocenters. The molecule has 5 nitrogen and oxygen atoms in total. The summed E-state index contributed by atoms with van der Waals surface area (Å²) in [7, 11) is 1.72. The monoisotopic (exact) mass is 397 g/mol. The molecule has 2 aromatic rings. The Morgan fingerprint density at radius 2 is 1.69 bits per heavy atom. The molecule has 1 amide bonds. The predicted molar refractivity (Wildman–Crippen MR) is 113 cm³/mol. The van der Waals surface area contributed by atoms with Crippen LogP contribution < -0.4 is 0 Å². The van der Waals surface area contributed by atoms with Crippen LogP contribution in [-0.4, -0.2) is 42.9 Å². The third-order valence-electron chi connectivity index (χ3n) is 5.23. The Balaban J connectivity index is 1.84. The molecule has 1 heterocycles. The van der Waals surface area contributed by atoms with Gasteiger partial charge in [0, 0.05) is 20.1 Å². The molecule has 3 rings (SSSR count). The Kier molecular flexibility index (Phi) is 6.60. The summed E-state index contributed by atoms with van der Waals surface area (Å²) in [5, 5.41) is 0. The van der Waals surface area contributed by atoms with Crippen molar-refractivity contribution in [1.29, 1.82) is 0 Å². The third kappa shape index (κ3) is 5.17. The molecular weight excluding hydrogens is 366 g/mol. The zero-order chi connectivity index (χ0) is 20.9. The zero-order valence-electron chi connectivity index (χ0n) is 17.8. The number of rotatable bonds is 5. The summed E-state index contributed by atoms with van der Waals surface area (Å²) in [6, 6.07) is 20.2. The number of carbonyl (C=O) groups is 1. The van der Waals surface area contributed by atoms with Gasteiger partial charge in [-0.1, -0.05) is 60.7 Å². The minimum Gasteiger partial charge on any atom is -0.444 e. The lowest BCUT2D eigenvalue weighted by Crippen LogP contribution is -2.57. The Hall–Kier alpha value is -2.37. The maximum atomic E-state index is 12.7. The fourth-order valence-electron chi connectivity index (χ4n) is 3.75. The molecule has 156 valence electrons. The fraction of sp³-hybridized carbons (Fsp3) is 0.458. The molecule has 1 aliphatic heterocycles. The van der Waals surface area contributed by atoms with E-state index >= 15 is 0 Å². The van der Waals surface area contributed by atoms with E-state index in [1.807, 2.05) is 69.3 Å². The van der Waals surface area contributed by atoms with Crippen molar-refractivity contribution < 1.29 is 19.0 Å². The van der Waals surface area contributed by atoms with E-state index < -0.39 is 11.2 Å². The summed E-state index contributed by atoms with van der Waals surface area (Å²) >= 11 is 0. The second-order valence-corrected chi connectivity index (χ2v) is 8.42. The van der Waals surface area contributed by atoms with E-state index in [1.54, 1.807) is 12.0 Å². The summed E-state index contributed by atoms with van der Waals surface area (Å²) in [6.45, 7) is 7.03. The average Bonchev–Trinajstić information content (AvgIpc) is 2.72. The first kappa shape index (κ1) is 21.3. The van der Waals surface area contributed by atoms with Gasteiger partial charge < -0.3 is 19.1 Å². The molecule has 0 unspecified atom stereocenters. The van der Waals surface area contributed by atoms with Gasteiger partial charge in [0.15, 0.2) is 0 Å². The number of ether oxygens (including phenoxy) is 3. The molecule has 0 bridgehead atoms. The van der Waals surface area contributed by atoms with Gasteiger partial charge in [-0.05, 0) is 31.9 Å². The van der Waals surface area contributed by atoms with Gasteiger partial charge in [-0.25, -0.2) is 4.79 Å². The number of hydrogen-bond acceptors (Lipinski definition) is 4. The molecule has 1 saturated heterocycles. The summed E-state index contributed by atoms with van der Waals surface area (Å²) in [5.41, 5.74) is 0.991. The first-order valence-corrected chi connectivity index (χ1v) is 10.1. The van der Waals surface area contributed by atoms with Crippen LogP contribution in [0.2, 0.25) is 0 Å². The van der Waals surface area contributed by atoms with Gasteiger partial charge in [-0.15, -0.1) is 0 Å². The molecule has 0 radical (unpaired) electrons. The molecule has 0 aromatic heterocycles. The van der Waals surface area contributed by atoms with Crippen molar-refractivity contribution in [2.75, 3.05) is 20.2 Å². The average molecular weight is 398 g/mol. The second-order valence-electron chi connectivity index (χ2n) is 8.42. The van der Waals surface area contributed by atoms with Crippen LogP contribution in [0.4, 0.5) is 4.79 Å². The summed E-state index contributed by atoms with van der Waals surface area (Å²) in [4.78, 5) is 14.4. The fourth-order valence-corrected chi connectivity index (χ4v) is 3.75. The molecule has 5 heteroatoms. The Morgan fingerprint density at radius 1 is 1.07 bits per heavy atom. The van der Waals surface area contributed by atoms with Crippen LogP contribution in [0.15, 0.2) is 60.7 Å². The van der Waals surface area contributed by atoms with Crippen molar-refractivity contribution >= 4 is 6.09 Å². The van der Waals surface area contributed by atoms with Gasteiger partial charge in [0.05, 0.1) is 13.2 Å². The molecule has 0 saturated carbocycles. The van der Waals surface area contributed by atoms with Crippen LogP contribution in [-0.2, 0) is 26.4 Å². The highest BCUT2D eigenvalue weighted by Crippen LogP contribution is 2.39. The van der Waals surface area contributed by atoms with Crippen molar-refractivity contribution in [2.45, 2.75) is 51.1 Å². The van der Waals surface area contributed by atoms with E-state index in [0.29, 0.717) is 26.1 Å². The Labute approximate surface area is 173 Å². The lowest BCUT2D eigenvalue weighted by atomic mass is 9.81. The highest BCUT2D eigenvalue weighted by Gasteiger charge is 2.47. The van der Waals surface area contributed by atoms with E-state index in [4.69, 9.17) is 14.2 Å². The molecule has 2 aromatic carbocycles. The number of amides is 1.